The van der Waals surface area contributed by atoms with Gasteiger partial charge in [0, 0.05) is 10.0 Å². The second-order valence-electron chi connectivity index (χ2n) is 3.88. The molecule has 0 aliphatic carbocycles. The van der Waals surface area contributed by atoms with Gasteiger partial charge in [-0.3, -0.25) is 4.79 Å². The third-order valence-electron chi connectivity index (χ3n) is 2.61. The van der Waals surface area contributed by atoms with Gasteiger partial charge in [0.1, 0.15) is 0 Å². The number of aromatic nitrogens is 4. The van der Waals surface area contributed by atoms with Gasteiger partial charge in [-0.2, -0.15) is 5.21 Å². The molecule has 2 rings (SSSR count). The number of carbonyl (C=O) groups is 1. The van der Waals surface area contributed by atoms with Crippen LogP contribution in [0.3, 0.4) is 0 Å². The van der Waals surface area contributed by atoms with E-state index >= 15 is 0 Å². The fourth-order valence-electron chi connectivity index (χ4n) is 1.55. The number of tetrazole rings is 1. The maximum absolute atomic E-state index is 12.1. The van der Waals surface area contributed by atoms with Crippen molar-refractivity contribution in [2.45, 2.75) is 19.9 Å². The second-order valence-corrected chi connectivity index (χ2v) is 4.73. The number of carbonyl (C=O) groups excluding carboxylic acids is 1. The van der Waals surface area contributed by atoms with Crippen molar-refractivity contribution in [3.63, 3.8) is 0 Å². The van der Waals surface area contributed by atoms with E-state index in [-0.39, 0.29) is 11.9 Å². The fourth-order valence-corrected chi connectivity index (χ4v) is 1.91. The van der Waals surface area contributed by atoms with E-state index in [2.05, 4.69) is 41.9 Å². The molecule has 0 saturated carbocycles. The topological polar surface area (TPSA) is 83.6 Å². The van der Waals surface area contributed by atoms with Crippen LogP contribution in [-0.2, 0) is 0 Å². The summed E-state index contributed by atoms with van der Waals surface area (Å²) in [6, 6.07) is 5.20. The molecule has 7 heteroatoms. The molecule has 1 heterocycles. The lowest BCUT2D eigenvalue weighted by molar-refractivity contribution is 0.0937. The van der Waals surface area contributed by atoms with Crippen LogP contribution in [0.2, 0.25) is 0 Å². The molecule has 18 heavy (non-hydrogen) atoms. The van der Waals surface area contributed by atoms with Crippen molar-refractivity contribution in [1.82, 2.24) is 25.9 Å². The maximum atomic E-state index is 12.1. The Morgan fingerprint density at radius 3 is 2.94 bits per heavy atom. The number of nitrogens with zero attached hydrogens (tertiary/aromatic N) is 3. The molecule has 2 aromatic rings. The van der Waals surface area contributed by atoms with E-state index in [0.717, 1.165) is 10.0 Å². The summed E-state index contributed by atoms with van der Waals surface area (Å²) < 4.78 is 0.905. The van der Waals surface area contributed by atoms with Crippen molar-refractivity contribution in [2.24, 2.45) is 0 Å². The predicted molar refractivity (Wildman–Crippen MR) is 68.9 cm³/mol. The van der Waals surface area contributed by atoms with Crippen molar-refractivity contribution in [1.29, 1.82) is 0 Å². The van der Waals surface area contributed by atoms with Crippen molar-refractivity contribution in [2.75, 3.05) is 0 Å². The number of H-pyrrole nitrogens is 1. The minimum atomic E-state index is -0.297. The lowest BCUT2D eigenvalue weighted by Crippen LogP contribution is -2.28. The van der Waals surface area contributed by atoms with Gasteiger partial charge in [0.15, 0.2) is 5.82 Å². The molecule has 0 aliphatic heterocycles. The van der Waals surface area contributed by atoms with Crippen LogP contribution in [0, 0.1) is 6.92 Å². The van der Waals surface area contributed by atoms with E-state index in [0.29, 0.717) is 11.4 Å². The average Bonchev–Trinajstić information content (AvgIpc) is 2.86. The third kappa shape index (κ3) is 2.56. The zero-order valence-electron chi connectivity index (χ0n) is 9.94. The Balaban J connectivity index is 2.15. The molecular weight excluding hydrogens is 298 g/mol. The summed E-state index contributed by atoms with van der Waals surface area (Å²) in [6.45, 7) is 3.69. The van der Waals surface area contributed by atoms with E-state index < -0.39 is 0 Å². The monoisotopic (exact) mass is 309 g/mol. The van der Waals surface area contributed by atoms with Crippen molar-refractivity contribution < 1.29 is 4.79 Å². The molecule has 0 spiro atoms. The Bertz CT molecular complexity index is 555. The van der Waals surface area contributed by atoms with Crippen LogP contribution in [0.25, 0.3) is 0 Å². The van der Waals surface area contributed by atoms with Gasteiger partial charge in [0.05, 0.1) is 6.04 Å². The fraction of sp³-hybridized carbons (Fsp3) is 0.273. The molecule has 6 nitrogen and oxygen atoms in total. The molecule has 1 atom stereocenters. The highest BCUT2D eigenvalue weighted by Crippen LogP contribution is 2.19. The Morgan fingerprint density at radius 2 is 2.28 bits per heavy atom. The first-order valence-electron chi connectivity index (χ1n) is 5.39. The van der Waals surface area contributed by atoms with Crippen molar-refractivity contribution in [3.05, 3.63) is 39.6 Å². The number of amides is 1. The van der Waals surface area contributed by atoms with Gasteiger partial charge >= 0.3 is 0 Å². The summed E-state index contributed by atoms with van der Waals surface area (Å²) >= 11 is 3.40. The lowest BCUT2D eigenvalue weighted by Gasteiger charge is -2.12. The van der Waals surface area contributed by atoms with Gasteiger partial charge < -0.3 is 5.32 Å². The zero-order valence-corrected chi connectivity index (χ0v) is 11.5. The molecule has 0 radical (unpaired) electrons. The quantitative estimate of drug-likeness (QED) is 0.905. The second kappa shape index (κ2) is 5.26. The first kappa shape index (κ1) is 12.7. The van der Waals surface area contributed by atoms with E-state index in [4.69, 9.17) is 0 Å². The van der Waals surface area contributed by atoms with E-state index in [1.165, 1.54) is 0 Å². The van der Waals surface area contributed by atoms with Crippen LogP contribution in [0.1, 0.15) is 34.7 Å². The molecule has 2 N–H and O–H groups in total. The molecule has 1 amide bonds. The number of aromatic amines is 1. The summed E-state index contributed by atoms with van der Waals surface area (Å²) in [5.41, 5.74) is 1.52. The largest absolute Gasteiger partial charge is 0.342 e. The molecule has 0 saturated heterocycles. The molecule has 94 valence electrons. The van der Waals surface area contributed by atoms with Crippen LogP contribution < -0.4 is 5.32 Å². The molecule has 1 aromatic heterocycles. The van der Waals surface area contributed by atoms with Gasteiger partial charge in [-0.05, 0) is 31.5 Å². The van der Waals surface area contributed by atoms with Gasteiger partial charge in [-0.1, -0.05) is 27.2 Å². The minimum Gasteiger partial charge on any atom is -0.342 e. The highest BCUT2D eigenvalue weighted by molar-refractivity contribution is 9.10. The minimum absolute atomic E-state index is 0.161. The van der Waals surface area contributed by atoms with E-state index in [1.807, 2.05) is 19.1 Å². The van der Waals surface area contributed by atoms with E-state index in [9.17, 15) is 4.79 Å². The number of nitrogens with one attached hydrogen (secondary N) is 2. The summed E-state index contributed by atoms with van der Waals surface area (Å²) in [7, 11) is 0. The first-order chi connectivity index (χ1) is 8.59. The van der Waals surface area contributed by atoms with Gasteiger partial charge in [0.2, 0.25) is 0 Å². The van der Waals surface area contributed by atoms with Crippen molar-refractivity contribution >= 4 is 21.8 Å². The van der Waals surface area contributed by atoms with Crippen LogP contribution in [0.15, 0.2) is 22.7 Å². The predicted octanol–water partition coefficient (Wildman–Crippen LogP) is 1.76. The number of hydrogen-bond acceptors (Lipinski definition) is 4. The number of halogens is 1. The molecule has 0 fully saturated rings. The molecule has 1 unspecified atom stereocenters. The number of hydrogen-bond donors (Lipinski definition) is 2. The van der Waals surface area contributed by atoms with Crippen LogP contribution in [0.4, 0.5) is 0 Å². The average molecular weight is 310 g/mol. The Labute approximate surface area is 112 Å². The summed E-state index contributed by atoms with van der Waals surface area (Å²) in [4.78, 5) is 12.1. The van der Waals surface area contributed by atoms with Gasteiger partial charge in [-0.25, -0.2) is 0 Å². The molecule has 0 bridgehead atoms. The smallest absolute Gasteiger partial charge is 0.252 e. The van der Waals surface area contributed by atoms with E-state index in [1.54, 1.807) is 13.0 Å². The number of rotatable bonds is 3. The van der Waals surface area contributed by atoms with Crippen LogP contribution in [0.5, 0.6) is 0 Å². The highest BCUT2D eigenvalue weighted by atomic mass is 79.9. The standard InChI is InChI=1S/C11H12BrN5O/c1-6-8(4-3-5-9(6)12)11(18)13-7(2)10-14-16-17-15-10/h3-5,7H,1-2H3,(H,13,18)(H,14,15,16,17). The lowest BCUT2D eigenvalue weighted by atomic mass is 10.1. The Hall–Kier alpha value is -1.76. The van der Waals surface area contributed by atoms with Crippen LogP contribution in [-0.4, -0.2) is 26.5 Å². The van der Waals surface area contributed by atoms with Gasteiger partial charge in [0.25, 0.3) is 5.91 Å². The molecule has 1 aromatic carbocycles. The van der Waals surface area contributed by atoms with Gasteiger partial charge in [-0.15, -0.1) is 10.2 Å². The summed E-state index contributed by atoms with van der Waals surface area (Å²) in [6.07, 6.45) is 0. The zero-order chi connectivity index (χ0) is 13.1. The molecule has 0 aliphatic rings. The van der Waals surface area contributed by atoms with Crippen LogP contribution >= 0.6 is 15.9 Å². The SMILES string of the molecule is Cc1c(Br)cccc1C(=O)NC(C)c1nn[nH]n1. The highest BCUT2D eigenvalue weighted by Gasteiger charge is 2.16. The first-order valence-corrected chi connectivity index (χ1v) is 6.18. The molecular formula is C11H12BrN5O. The Kier molecular flexibility index (Phi) is 3.71. The van der Waals surface area contributed by atoms with Crippen molar-refractivity contribution in [3.8, 4) is 0 Å². The number of benzene rings is 1. The summed E-state index contributed by atoms with van der Waals surface area (Å²) in [5, 5.41) is 16.3. The normalized spacial score (nSPS) is 12.2. The third-order valence-corrected chi connectivity index (χ3v) is 3.47. The Morgan fingerprint density at radius 1 is 1.50 bits per heavy atom. The summed E-state index contributed by atoms with van der Waals surface area (Å²) in [5.74, 6) is 0.294. The maximum Gasteiger partial charge on any atom is 0.252 e.